The molecule has 0 saturated carbocycles. The fraction of sp³-hybridized carbons (Fsp3) is 0.667. The number of aromatic amines is 1. The molecular weight excluding hydrogens is 216 g/mol. The summed E-state index contributed by atoms with van der Waals surface area (Å²) in [5.74, 6) is 0.778. The standard InChI is InChI=1S/C12H20N4O/c1-8-9(2)14-11(15-12(8)17)10(3)16-6-4-13-5-7-16/h10,13H,4-7H2,1-3H3,(H,14,15,17). The van der Waals surface area contributed by atoms with Crippen molar-refractivity contribution in [3.8, 4) is 0 Å². The van der Waals surface area contributed by atoms with Crippen molar-refractivity contribution in [1.82, 2.24) is 20.2 Å². The van der Waals surface area contributed by atoms with E-state index in [0.29, 0.717) is 5.56 Å². The van der Waals surface area contributed by atoms with E-state index in [1.807, 2.05) is 6.92 Å². The summed E-state index contributed by atoms with van der Waals surface area (Å²) in [6.07, 6.45) is 0. The number of nitrogens with zero attached hydrogens (tertiary/aromatic N) is 2. The highest BCUT2D eigenvalue weighted by Gasteiger charge is 2.20. The molecule has 0 radical (unpaired) electrons. The van der Waals surface area contributed by atoms with Crippen molar-refractivity contribution in [2.24, 2.45) is 0 Å². The number of aryl methyl sites for hydroxylation is 1. The highest BCUT2D eigenvalue weighted by Crippen LogP contribution is 2.16. The summed E-state index contributed by atoms with van der Waals surface area (Å²) in [7, 11) is 0. The lowest BCUT2D eigenvalue weighted by Gasteiger charge is -2.32. The van der Waals surface area contributed by atoms with Crippen LogP contribution in [0, 0.1) is 13.8 Å². The minimum atomic E-state index is -0.0190. The second-order valence-electron chi connectivity index (χ2n) is 4.62. The van der Waals surface area contributed by atoms with E-state index in [1.165, 1.54) is 0 Å². The van der Waals surface area contributed by atoms with E-state index in [-0.39, 0.29) is 11.6 Å². The highest BCUT2D eigenvalue weighted by molar-refractivity contribution is 5.15. The van der Waals surface area contributed by atoms with Gasteiger partial charge in [0, 0.05) is 37.4 Å². The van der Waals surface area contributed by atoms with Crippen LogP contribution in [0.4, 0.5) is 0 Å². The number of hydrogen-bond donors (Lipinski definition) is 2. The molecule has 17 heavy (non-hydrogen) atoms. The van der Waals surface area contributed by atoms with Crippen LogP contribution in [0.25, 0.3) is 0 Å². The van der Waals surface area contributed by atoms with Crippen LogP contribution in [0.2, 0.25) is 0 Å². The zero-order valence-corrected chi connectivity index (χ0v) is 10.7. The number of hydrogen-bond acceptors (Lipinski definition) is 4. The maximum atomic E-state index is 11.7. The Morgan fingerprint density at radius 2 is 1.94 bits per heavy atom. The van der Waals surface area contributed by atoms with Gasteiger partial charge in [-0.2, -0.15) is 0 Å². The van der Waals surface area contributed by atoms with E-state index >= 15 is 0 Å². The molecule has 1 aliphatic heterocycles. The van der Waals surface area contributed by atoms with Crippen LogP contribution in [0.5, 0.6) is 0 Å². The van der Waals surface area contributed by atoms with Crippen molar-refractivity contribution in [3.63, 3.8) is 0 Å². The van der Waals surface area contributed by atoms with Gasteiger partial charge in [0.2, 0.25) is 0 Å². The first kappa shape index (κ1) is 12.3. The van der Waals surface area contributed by atoms with Crippen LogP contribution >= 0.6 is 0 Å². The van der Waals surface area contributed by atoms with Gasteiger partial charge in [0.25, 0.3) is 5.56 Å². The topological polar surface area (TPSA) is 61.0 Å². The van der Waals surface area contributed by atoms with Crippen LogP contribution in [0.1, 0.15) is 30.0 Å². The fourth-order valence-corrected chi connectivity index (χ4v) is 2.11. The zero-order chi connectivity index (χ0) is 12.4. The summed E-state index contributed by atoms with van der Waals surface area (Å²) in [5, 5.41) is 3.32. The van der Waals surface area contributed by atoms with Gasteiger partial charge in [-0.1, -0.05) is 0 Å². The molecule has 0 aromatic carbocycles. The molecule has 1 aromatic heterocycles. The third kappa shape index (κ3) is 2.56. The molecule has 1 aliphatic rings. The van der Waals surface area contributed by atoms with Gasteiger partial charge in [-0.25, -0.2) is 4.98 Å². The lowest BCUT2D eigenvalue weighted by molar-refractivity contribution is 0.178. The quantitative estimate of drug-likeness (QED) is 0.778. The predicted octanol–water partition coefficient (Wildman–Crippen LogP) is 0.353. The molecule has 1 aromatic rings. The fourth-order valence-electron chi connectivity index (χ4n) is 2.11. The van der Waals surface area contributed by atoms with E-state index in [4.69, 9.17) is 0 Å². The largest absolute Gasteiger partial charge is 0.314 e. The summed E-state index contributed by atoms with van der Waals surface area (Å²) in [4.78, 5) is 21.4. The van der Waals surface area contributed by atoms with Gasteiger partial charge in [0.05, 0.1) is 6.04 Å². The minimum absolute atomic E-state index is 0.0190. The average molecular weight is 236 g/mol. The Bertz CT molecular complexity index is 448. The Morgan fingerprint density at radius 1 is 1.29 bits per heavy atom. The van der Waals surface area contributed by atoms with E-state index < -0.39 is 0 Å². The van der Waals surface area contributed by atoms with Crippen LogP contribution in [-0.4, -0.2) is 41.0 Å². The molecule has 94 valence electrons. The summed E-state index contributed by atoms with van der Waals surface area (Å²) in [5.41, 5.74) is 1.52. The van der Waals surface area contributed by atoms with Gasteiger partial charge in [0.1, 0.15) is 5.82 Å². The first-order valence-corrected chi connectivity index (χ1v) is 6.12. The average Bonchev–Trinajstić information content (AvgIpc) is 2.35. The molecule has 5 nitrogen and oxygen atoms in total. The summed E-state index contributed by atoms with van der Waals surface area (Å²) >= 11 is 0. The van der Waals surface area contributed by atoms with Gasteiger partial charge in [-0.3, -0.25) is 9.69 Å². The molecule has 1 unspecified atom stereocenters. The maximum Gasteiger partial charge on any atom is 0.254 e. The molecule has 0 aliphatic carbocycles. The summed E-state index contributed by atoms with van der Waals surface area (Å²) in [6, 6.07) is 0.170. The van der Waals surface area contributed by atoms with Crippen molar-refractivity contribution >= 4 is 0 Å². The Labute approximate surface area is 101 Å². The third-order valence-corrected chi connectivity index (χ3v) is 3.51. The second-order valence-corrected chi connectivity index (χ2v) is 4.62. The van der Waals surface area contributed by atoms with Crippen molar-refractivity contribution in [3.05, 3.63) is 27.4 Å². The van der Waals surface area contributed by atoms with E-state index in [0.717, 1.165) is 37.7 Å². The number of H-pyrrole nitrogens is 1. The van der Waals surface area contributed by atoms with Crippen molar-refractivity contribution in [2.75, 3.05) is 26.2 Å². The molecule has 5 heteroatoms. The molecule has 2 N–H and O–H groups in total. The highest BCUT2D eigenvalue weighted by atomic mass is 16.1. The van der Waals surface area contributed by atoms with Gasteiger partial charge < -0.3 is 10.3 Å². The van der Waals surface area contributed by atoms with E-state index in [1.54, 1.807) is 6.92 Å². The molecule has 0 bridgehead atoms. The van der Waals surface area contributed by atoms with E-state index in [2.05, 4.69) is 27.1 Å². The van der Waals surface area contributed by atoms with Gasteiger partial charge >= 0.3 is 0 Å². The van der Waals surface area contributed by atoms with Crippen LogP contribution in [-0.2, 0) is 0 Å². The van der Waals surface area contributed by atoms with Crippen molar-refractivity contribution in [2.45, 2.75) is 26.8 Å². The van der Waals surface area contributed by atoms with E-state index in [9.17, 15) is 4.79 Å². The van der Waals surface area contributed by atoms with Crippen LogP contribution in [0.15, 0.2) is 4.79 Å². The molecule has 2 rings (SSSR count). The lowest BCUT2D eigenvalue weighted by atomic mass is 10.2. The Balaban J connectivity index is 2.24. The molecule has 1 fully saturated rings. The molecular formula is C12H20N4O. The maximum absolute atomic E-state index is 11.7. The first-order chi connectivity index (χ1) is 8.09. The van der Waals surface area contributed by atoms with Crippen molar-refractivity contribution in [1.29, 1.82) is 0 Å². The number of nitrogens with one attached hydrogen (secondary N) is 2. The third-order valence-electron chi connectivity index (χ3n) is 3.51. The van der Waals surface area contributed by atoms with Gasteiger partial charge in [0.15, 0.2) is 0 Å². The number of rotatable bonds is 2. The minimum Gasteiger partial charge on any atom is -0.314 e. The first-order valence-electron chi connectivity index (χ1n) is 6.12. The normalized spacial score (nSPS) is 19.2. The lowest BCUT2D eigenvalue weighted by Crippen LogP contribution is -2.45. The predicted molar refractivity (Wildman–Crippen MR) is 67.2 cm³/mol. The monoisotopic (exact) mass is 236 g/mol. The Hall–Kier alpha value is -1.20. The van der Waals surface area contributed by atoms with Gasteiger partial charge in [-0.05, 0) is 20.8 Å². The Morgan fingerprint density at radius 3 is 2.53 bits per heavy atom. The second kappa shape index (κ2) is 4.98. The SMILES string of the molecule is Cc1nc(C(C)N2CCNCC2)[nH]c(=O)c1C. The summed E-state index contributed by atoms with van der Waals surface area (Å²) in [6.45, 7) is 9.78. The van der Waals surface area contributed by atoms with Gasteiger partial charge in [-0.15, -0.1) is 0 Å². The Kier molecular flexibility index (Phi) is 3.59. The smallest absolute Gasteiger partial charge is 0.254 e. The molecule has 0 amide bonds. The number of piperazine rings is 1. The molecule has 2 heterocycles. The molecule has 1 saturated heterocycles. The van der Waals surface area contributed by atoms with Crippen LogP contribution < -0.4 is 10.9 Å². The van der Waals surface area contributed by atoms with Crippen molar-refractivity contribution < 1.29 is 0 Å². The summed E-state index contributed by atoms with van der Waals surface area (Å²) < 4.78 is 0. The van der Waals surface area contributed by atoms with Crippen LogP contribution in [0.3, 0.4) is 0 Å². The zero-order valence-electron chi connectivity index (χ0n) is 10.7. The molecule has 1 atom stereocenters. The molecule has 0 spiro atoms. The number of aromatic nitrogens is 2.